The maximum Gasteiger partial charge on any atom is 0.257 e. The van der Waals surface area contributed by atoms with Crippen molar-refractivity contribution in [3.8, 4) is 11.4 Å². The van der Waals surface area contributed by atoms with Crippen LogP contribution in [0.1, 0.15) is 24.7 Å². The summed E-state index contributed by atoms with van der Waals surface area (Å²) in [4.78, 5) is 30.2. The molecule has 0 spiro atoms. The monoisotopic (exact) mass is 462 g/mol. The van der Waals surface area contributed by atoms with E-state index in [1.807, 2.05) is 41.3 Å². The van der Waals surface area contributed by atoms with Gasteiger partial charge in [0.1, 0.15) is 11.3 Å². The third-order valence-electron chi connectivity index (χ3n) is 5.92. The number of aromatic nitrogens is 4. The fourth-order valence-corrected chi connectivity index (χ4v) is 4.61. The molecule has 4 aromatic rings. The molecule has 1 amide bonds. The van der Waals surface area contributed by atoms with E-state index in [0.717, 1.165) is 54.3 Å². The number of amides is 1. The van der Waals surface area contributed by atoms with E-state index in [4.69, 9.17) is 8.94 Å². The van der Waals surface area contributed by atoms with Gasteiger partial charge in [-0.1, -0.05) is 29.1 Å². The fraction of sp³-hybridized carbons (Fsp3) is 0.348. The third-order valence-corrected chi connectivity index (χ3v) is 6.74. The lowest BCUT2D eigenvalue weighted by Crippen LogP contribution is -2.49. The number of carbonyl (C=O) groups excluding carboxylic acids is 1. The summed E-state index contributed by atoms with van der Waals surface area (Å²) in [5.41, 5.74) is 2.39. The minimum atomic E-state index is 0.0915. The zero-order valence-electron chi connectivity index (χ0n) is 17.9. The van der Waals surface area contributed by atoms with E-state index in [9.17, 15) is 4.79 Å². The topological polar surface area (TPSA) is 101 Å². The van der Waals surface area contributed by atoms with Gasteiger partial charge in [-0.3, -0.25) is 4.79 Å². The van der Waals surface area contributed by atoms with Crippen molar-refractivity contribution in [2.75, 3.05) is 36.8 Å². The summed E-state index contributed by atoms with van der Waals surface area (Å²) in [5, 5.41) is 4.60. The van der Waals surface area contributed by atoms with Crippen LogP contribution in [0, 0.1) is 0 Å². The normalized spacial score (nSPS) is 16.5. The Bertz CT molecular complexity index is 1240. The second-order valence-corrected chi connectivity index (χ2v) is 9.17. The first-order valence-corrected chi connectivity index (χ1v) is 12.0. The Labute approximate surface area is 194 Å². The third kappa shape index (κ3) is 4.30. The van der Waals surface area contributed by atoms with E-state index in [1.165, 1.54) is 11.8 Å². The molecule has 1 aromatic carbocycles. The first-order valence-electron chi connectivity index (χ1n) is 11.0. The Balaban J connectivity index is 1.02. The van der Waals surface area contributed by atoms with Gasteiger partial charge in [-0.25, -0.2) is 9.97 Å². The molecule has 10 heteroatoms. The van der Waals surface area contributed by atoms with Crippen molar-refractivity contribution in [1.29, 1.82) is 0 Å². The zero-order valence-corrected chi connectivity index (χ0v) is 18.7. The van der Waals surface area contributed by atoms with Gasteiger partial charge < -0.3 is 18.7 Å². The molecule has 4 heterocycles. The van der Waals surface area contributed by atoms with Gasteiger partial charge in [0.05, 0.1) is 5.75 Å². The largest absolute Gasteiger partial charge is 0.431 e. The lowest BCUT2D eigenvalue weighted by Gasteiger charge is -2.35. The molecule has 1 saturated carbocycles. The van der Waals surface area contributed by atoms with Crippen LogP contribution in [0.3, 0.4) is 0 Å². The molecule has 1 aliphatic carbocycles. The number of oxazole rings is 1. The second kappa shape index (κ2) is 8.51. The molecule has 1 saturated heterocycles. The van der Waals surface area contributed by atoms with Crippen molar-refractivity contribution in [2.45, 2.75) is 24.0 Å². The molecule has 33 heavy (non-hydrogen) atoms. The van der Waals surface area contributed by atoms with Crippen molar-refractivity contribution in [2.24, 2.45) is 0 Å². The first kappa shape index (κ1) is 20.2. The molecule has 9 nitrogen and oxygen atoms in total. The SMILES string of the molecule is O=C(CSc1nc2ccccc2o1)N1CCN(c2ccc(-c3noc(C4CC4)n3)cn2)CC1. The van der Waals surface area contributed by atoms with Crippen LogP contribution in [-0.4, -0.2) is 62.8 Å². The number of para-hydroxylation sites is 2. The van der Waals surface area contributed by atoms with Crippen LogP contribution in [0.5, 0.6) is 0 Å². The van der Waals surface area contributed by atoms with E-state index >= 15 is 0 Å². The van der Waals surface area contributed by atoms with Crippen LogP contribution >= 0.6 is 11.8 Å². The van der Waals surface area contributed by atoms with Crippen molar-refractivity contribution in [3.63, 3.8) is 0 Å². The van der Waals surface area contributed by atoms with Gasteiger partial charge >= 0.3 is 0 Å². The molecule has 3 aromatic heterocycles. The van der Waals surface area contributed by atoms with E-state index in [-0.39, 0.29) is 5.91 Å². The highest BCUT2D eigenvalue weighted by Crippen LogP contribution is 2.39. The smallest absolute Gasteiger partial charge is 0.257 e. The lowest BCUT2D eigenvalue weighted by atomic mass is 10.2. The second-order valence-electron chi connectivity index (χ2n) is 8.24. The summed E-state index contributed by atoms with van der Waals surface area (Å²) in [5.74, 6) is 3.04. The number of fused-ring (bicyclic) bond motifs is 1. The number of hydrogen-bond donors (Lipinski definition) is 0. The highest BCUT2D eigenvalue weighted by molar-refractivity contribution is 7.99. The van der Waals surface area contributed by atoms with Crippen LogP contribution in [0.15, 0.2) is 56.8 Å². The highest BCUT2D eigenvalue weighted by Gasteiger charge is 2.30. The Morgan fingerprint density at radius 3 is 2.67 bits per heavy atom. The summed E-state index contributed by atoms with van der Waals surface area (Å²) in [6, 6.07) is 11.6. The fourth-order valence-electron chi connectivity index (χ4n) is 3.87. The van der Waals surface area contributed by atoms with Crippen molar-refractivity contribution >= 4 is 34.6 Å². The van der Waals surface area contributed by atoms with E-state index in [1.54, 1.807) is 6.20 Å². The van der Waals surface area contributed by atoms with Gasteiger partial charge in [-0.15, -0.1) is 0 Å². The van der Waals surface area contributed by atoms with Gasteiger partial charge in [0.15, 0.2) is 5.58 Å². The number of pyridine rings is 1. The molecule has 2 aliphatic rings. The summed E-state index contributed by atoms with van der Waals surface area (Å²) in [7, 11) is 0. The quantitative estimate of drug-likeness (QED) is 0.398. The minimum Gasteiger partial charge on any atom is -0.431 e. The summed E-state index contributed by atoms with van der Waals surface area (Å²) in [6.07, 6.45) is 4.04. The highest BCUT2D eigenvalue weighted by atomic mass is 32.2. The maximum atomic E-state index is 12.7. The van der Waals surface area contributed by atoms with Crippen LogP contribution < -0.4 is 4.90 Å². The van der Waals surface area contributed by atoms with Gasteiger partial charge in [0, 0.05) is 43.9 Å². The van der Waals surface area contributed by atoms with E-state index in [2.05, 4.69) is 25.0 Å². The number of benzene rings is 1. The number of thioether (sulfide) groups is 1. The molecule has 168 valence electrons. The Morgan fingerprint density at radius 1 is 1.06 bits per heavy atom. The van der Waals surface area contributed by atoms with Crippen LogP contribution in [-0.2, 0) is 4.79 Å². The molecule has 0 radical (unpaired) electrons. The summed E-state index contributed by atoms with van der Waals surface area (Å²) >= 11 is 1.34. The molecule has 0 unspecified atom stereocenters. The number of piperazine rings is 1. The number of rotatable bonds is 6. The Kier molecular flexibility index (Phi) is 5.21. The lowest BCUT2D eigenvalue weighted by molar-refractivity contribution is -0.128. The van der Waals surface area contributed by atoms with Gasteiger partial charge in [0.25, 0.3) is 5.22 Å². The van der Waals surface area contributed by atoms with Crippen LogP contribution in [0.2, 0.25) is 0 Å². The van der Waals surface area contributed by atoms with Crippen molar-refractivity contribution < 1.29 is 13.7 Å². The number of hydrogen-bond acceptors (Lipinski definition) is 9. The van der Waals surface area contributed by atoms with E-state index in [0.29, 0.717) is 35.8 Å². The summed E-state index contributed by atoms with van der Waals surface area (Å²) < 4.78 is 11.0. The first-order chi connectivity index (χ1) is 16.2. The molecular formula is C23H22N6O3S. The molecule has 2 fully saturated rings. The Hall–Kier alpha value is -3.40. The number of nitrogens with zero attached hydrogens (tertiary/aromatic N) is 6. The number of carbonyl (C=O) groups is 1. The predicted molar refractivity (Wildman–Crippen MR) is 123 cm³/mol. The molecule has 0 N–H and O–H groups in total. The average Bonchev–Trinajstić information content (AvgIpc) is 3.44. The molecule has 0 bridgehead atoms. The van der Waals surface area contributed by atoms with E-state index < -0.39 is 0 Å². The van der Waals surface area contributed by atoms with Gasteiger partial charge in [-0.05, 0) is 37.1 Å². The molecule has 1 aliphatic heterocycles. The molecular weight excluding hydrogens is 440 g/mol. The van der Waals surface area contributed by atoms with Crippen molar-refractivity contribution in [3.05, 3.63) is 48.5 Å². The van der Waals surface area contributed by atoms with Crippen molar-refractivity contribution in [1.82, 2.24) is 25.0 Å². The standard InChI is InChI=1S/C23H22N6O3S/c30-20(14-33-23-25-17-3-1-2-4-18(17)31-23)29-11-9-28(10-12-29)19-8-7-16(13-24-19)21-26-22(32-27-21)15-5-6-15/h1-4,7-8,13,15H,5-6,9-12,14H2. The van der Waals surface area contributed by atoms with Gasteiger partial charge in [-0.2, -0.15) is 4.98 Å². The van der Waals surface area contributed by atoms with Crippen LogP contribution in [0.4, 0.5) is 5.82 Å². The zero-order chi connectivity index (χ0) is 22.2. The Morgan fingerprint density at radius 2 is 1.91 bits per heavy atom. The average molecular weight is 463 g/mol. The predicted octanol–water partition coefficient (Wildman–Crippen LogP) is 3.59. The number of anilines is 1. The maximum absolute atomic E-state index is 12.7. The molecule has 0 atom stereocenters. The minimum absolute atomic E-state index is 0.0915. The molecule has 6 rings (SSSR count). The van der Waals surface area contributed by atoms with Crippen LogP contribution in [0.25, 0.3) is 22.5 Å². The van der Waals surface area contributed by atoms with Gasteiger partial charge in [0.2, 0.25) is 17.6 Å². The summed E-state index contributed by atoms with van der Waals surface area (Å²) in [6.45, 7) is 2.79.